The first kappa shape index (κ1) is 19.8. The zero-order valence-electron chi connectivity index (χ0n) is 16.1. The van der Waals surface area contributed by atoms with E-state index in [-0.39, 0.29) is 23.2 Å². The second-order valence-corrected chi connectivity index (χ2v) is 6.93. The molecule has 2 amide bonds. The van der Waals surface area contributed by atoms with E-state index >= 15 is 0 Å². The van der Waals surface area contributed by atoms with Crippen molar-refractivity contribution in [2.24, 2.45) is 0 Å². The van der Waals surface area contributed by atoms with Gasteiger partial charge in [0.05, 0.1) is 25.5 Å². The normalized spacial score (nSPS) is 14.1. The maximum Gasteiger partial charge on any atom is 0.278 e. The third-order valence-electron chi connectivity index (χ3n) is 4.43. The van der Waals surface area contributed by atoms with Crippen molar-refractivity contribution in [1.82, 2.24) is 4.90 Å². The van der Waals surface area contributed by atoms with Gasteiger partial charge in [-0.3, -0.25) is 14.5 Å². The lowest BCUT2D eigenvalue weighted by Gasteiger charge is -2.19. The lowest BCUT2D eigenvalue weighted by atomic mass is 10.0. The number of halogens is 1. The van der Waals surface area contributed by atoms with E-state index in [1.807, 2.05) is 0 Å². The second-order valence-electron chi connectivity index (χ2n) is 6.49. The first-order valence-electron chi connectivity index (χ1n) is 8.75. The summed E-state index contributed by atoms with van der Waals surface area (Å²) in [5, 5.41) is 3.54. The van der Waals surface area contributed by atoms with Gasteiger partial charge in [0.25, 0.3) is 11.8 Å². The van der Waals surface area contributed by atoms with Gasteiger partial charge in [0, 0.05) is 16.6 Å². The van der Waals surface area contributed by atoms with Gasteiger partial charge in [0.2, 0.25) is 0 Å². The molecular formula is C21H21ClN2O4. The second kappa shape index (κ2) is 7.94. The highest BCUT2D eigenvalue weighted by Gasteiger charge is 2.41. The molecule has 0 unspecified atom stereocenters. The van der Waals surface area contributed by atoms with Crippen molar-refractivity contribution in [3.63, 3.8) is 0 Å². The molecule has 0 fully saturated rings. The molecule has 7 heteroatoms. The number of methoxy groups -OCH3 is 2. The standard InChI is InChI=1S/C21H21ClN2O4/c1-12(2)24-20(25)18(14-7-5-6-8-16(14)27-3)19(21(24)26)23-15-11-13(22)9-10-17(15)28-4/h5-12,23H,1-4H3. The van der Waals surface area contributed by atoms with Crippen LogP contribution in [0.3, 0.4) is 0 Å². The van der Waals surface area contributed by atoms with Gasteiger partial charge in [-0.25, -0.2) is 0 Å². The van der Waals surface area contributed by atoms with Crippen LogP contribution in [0.4, 0.5) is 5.69 Å². The van der Waals surface area contributed by atoms with E-state index in [0.29, 0.717) is 27.8 Å². The summed E-state index contributed by atoms with van der Waals surface area (Å²) in [6, 6.07) is 11.8. The van der Waals surface area contributed by atoms with Crippen LogP contribution in [-0.2, 0) is 9.59 Å². The predicted molar refractivity (Wildman–Crippen MR) is 109 cm³/mol. The molecule has 146 valence electrons. The first-order chi connectivity index (χ1) is 13.4. The fourth-order valence-electron chi connectivity index (χ4n) is 3.15. The number of para-hydroxylation sites is 1. The Morgan fingerprint density at radius 3 is 2.29 bits per heavy atom. The lowest BCUT2D eigenvalue weighted by molar-refractivity contribution is -0.138. The highest BCUT2D eigenvalue weighted by Crippen LogP contribution is 2.38. The topological polar surface area (TPSA) is 67.9 Å². The van der Waals surface area contributed by atoms with Gasteiger partial charge >= 0.3 is 0 Å². The highest BCUT2D eigenvalue weighted by molar-refractivity contribution is 6.37. The fraction of sp³-hybridized carbons (Fsp3) is 0.238. The number of nitrogens with one attached hydrogen (secondary N) is 1. The number of hydrogen-bond acceptors (Lipinski definition) is 5. The average Bonchev–Trinajstić information content (AvgIpc) is 2.91. The number of ether oxygens (including phenoxy) is 2. The van der Waals surface area contributed by atoms with Crippen LogP contribution in [0, 0.1) is 0 Å². The van der Waals surface area contributed by atoms with Crippen LogP contribution in [0.25, 0.3) is 5.57 Å². The molecule has 0 bridgehead atoms. The molecule has 1 aliphatic rings. The molecule has 2 aromatic carbocycles. The number of benzene rings is 2. The summed E-state index contributed by atoms with van der Waals surface area (Å²) in [6.45, 7) is 3.58. The third kappa shape index (κ3) is 3.43. The minimum Gasteiger partial charge on any atom is -0.496 e. The van der Waals surface area contributed by atoms with E-state index in [1.165, 1.54) is 19.1 Å². The van der Waals surface area contributed by atoms with E-state index in [1.54, 1.807) is 56.3 Å². The molecule has 6 nitrogen and oxygen atoms in total. The molecule has 0 radical (unpaired) electrons. The third-order valence-corrected chi connectivity index (χ3v) is 4.66. The Morgan fingerprint density at radius 2 is 1.64 bits per heavy atom. The number of hydrogen-bond donors (Lipinski definition) is 1. The summed E-state index contributed by atoms with van der Waals surface area (Å²) in [5.41, 5.74) is 1.43. The van der Waals surface area contributed by atoms with Crippen molar-refractivity contribution < 1.29 is 19.1 Å². The molecular weight excluding hydrogens is 380 g/mol. The Hall–Kier alpha value is -2.99. The fourth-order valence-corrected chi connectivity index (χ4v) is 3.32. The van der Waals surface area contributed by atoms with E-state index in [9.17, 15) is 9.59 Å². The summed E-state index contributed by atoms with van der Waals surface area (Å²) in [4.78, 5) is 27.5. The zero-order valence-corrected chi connectivity index (χ0v) is 16.8. The van der Waals surface area contributed by atoms with Crippen molar-refractivity contribution in [2.75, 3.05) is 19.5 Å². The monoisotopic (exact) mass is 400 g/mol. The Labute approximate surface area is 168 Å². The van der Waals surface area contributed by atoms with Gasteiger partial charge in [-0.1, -0.05) is 29.8 Å². The largest absolute Gasteiger partial charge is 0.496 e. The van der Waals surface area contributed by atoms with Crippen molar-refractivity contribution in [2.45, 2.75) is 19.9 Å². The number of imide groups is 1. The lowest BCUT2D eigenvalue weighted by Crippen LogP contribution is -2.38. The van der Waals surface area contributed by atoms with Gasteiger partial charge in [0.1, 0.15) is 17.2 Å². The molecule has 2 aromatic rings. The summed E-state index contributed by atoms with van der Waals surface area (Å²) < 4.78 is 10.8. The van der Waals surface area contributed by atoms with E-state index in [4.69, 9.17) is 21.1 Å². The molecule has 0 saturated heterocycles. The number of carbonyl (C=O) groups excluding carboxylic acids is 2. The van der Waals surface area contributed by atoms with Gasteiger partial charge in [0.15, 0.2) is 0 Å². The summed E-state index contributed by atoms with van der Waals surface area (Å²) in [7, 11) is 3.04. The summed E-state index contributed by atoms with van der Waals surface area (Å²) in [5.74, 6) is 0.206. The van der Waals surface area contributed by atoms with Gasteiger partial charge in [-0.15, -0.1) is 0 Å². The van der Waals surface area contributed by atoms with E-state index in [2.05, 4.69) is 5.32 Å². The predicted octanol–water partition coefficient (Wildman–Crippen LogP) is 3.96. The molecule has 0 spiro atoms. The number of nitrogens with zero attached hydrogens (tertiary/aromatic N) is 1. The zero-order chi connectivity index (χ0) is 20.4. The Balaban J connectivity index is 2.20. The van der Waals surface area contributed by atoms with Gasteiger partial charge in [-0.2, -0.15) is 0 Å². The number of amides is 2. The van der Waals surface area contributed by atoms with Crippen LogP contribution in [-0.4, -0.2) is 37.0 Å². The van der Waals surface area contributed by atoms with Crippen LogP contribution < -0.4 is 14.8 Å². The van der Waals surface area contributed by atoms with Gasteiger partial charge in [-0.05, 0) is 38.1 Å². The molecule has 0 aromatic heterocycles. The van der Waals surface area contributed by atoms with Crippen LogP contribution in [0.15, 0.2) is 48.2 Å². The van der Waals surface area contributed by atoms with Crippen LogP contribution in [0.2, 0.25) is 5.02 Å². The summed E-state index contributed by atoms with van der Waals surface area (Å²) >= 11 is 6.11. The van der Waals surface area contributed by atoms with Crippen molar-refractivity contribution >= 4 is 34.7 Å². The molecule has 1 heterocycles. The maximum absolute atomic E-state index is 13.1. The molecule has 1 aliphatic heterocycles. The van der Waals surface area contributed by atoms with Crippen LogP contribution >= 0.6 is 11.6 Å². The van der Waals surface area contributed by atoms with Crippen molar-refractivity contribution in [1.29, 1.82) is 0 Å². The molecule has 0 saturated carbocycles. The molecule has 28 heavy (non-hydrogen) atoms. The first-order valence-corrected chi connectivity index (χ1v) is 9.13. The minimum absolute atomic E-state index is 0.156. The molecule has 1 N–H and O–H groups in total. The SMILES string of the molecule is COc1ccc(Cl)cc1NC1=C(c2ccccc2OC)C(=O)N(C(C)C)C1=O. The number of anilines is 1. The number of carbonyl (C=O) groups is 2. The maximum atomic E-state index is 13.1. The smallest absolute Gasteiger partial charge is 0.278 e. The van der Waals surface area contributed by atoms with Crippen LogP contribution in [0.1, 0.15) is 19.4 Å². The van der Waals surface area contributed by atoms with Crippen LogP contribution in [0.5, 0.6) is 11.5 Å². The molecule has 0 atom stereocenters. The van der Waals surface area contributed by atoms with Crippen molar-refractivity contribution in [3.05, 3.63) is 58.7 Å². The number of rotatable bonds is 6. The highest BCUT2D eigenvalue weighted by atomic mass is 35.5. The summed E-state index contributed by atoms with van der Waals surface area (Å²) in [6.07, 6.45) is 0. The van der Waals surface area contributed by atoms with Gasteiger partial charge < -0.3 is 14.8 Å². The quantitative estimate of drug-likeness (QED) is 0.743. The Bertz CT molecular complexity index is 969. The molecule has 0 aliphatic carbocycles. The van der Waals surface area contributed by atoms with E-state index < -0.39 is 5.91 Å². The molecule has 3 rings (SSSR count). The van der Waals surface area contributed by atoms with Crippen molar-refractivity contribution in [3.8, 4) is 11.5 Å². The minimum atomic E-state index is -0.414. The average molecular weight is 401 g/mol. The Kier molecular flexibility index (Phi) is 5.61. The Morgan fingerprint density at radius 1 is 0.964 bits per heavy atom. The van der Waals surface area contributed by atoms with E-state index in [0.717, 1.165) is 0 Å².